The van der Waals surface area contributed by atoms with Crippen molar-refractivity contribution in [1.82, 2.24) is 0 Å². The summed E-state index contributed by atoms with van der Waals surface area (Å²) in [7, 11) is 0. The van der Waals surface area contributed by atoms with E-state index in [9.17, 15) is 4.79 Å². The van der Waals surface area contributed by atoms with Crippen LogP contribution < -0.4 is 0 Å². The van der Waals surface area contributed by atoms with Gasteiger partial charge < -0.3 is 0 Å². The summed E-state index contributed by atoms with van der Waals surface area (Å²) in [4.78, 5) is 12.5. The third kappa shape index (κ3) is 3.79. The molecule has 102 valence electrons. The van der Waals surface area contributed by atoms with Gasteiger partial charge in [0.1, 0.15) is 5.78 Å². The largest absolute Gasteiger partial charge is 0.299 e. The molecule has 0 bridgehead atoms. The van der Waals surface area contributed by atoms with Crippen molar-refractivity contribution < 1.29 is 4.79 Å². The van der Waals surface area contributed by atoms with Crippen molar-refractivity contribution >= 4 is 5.78 Å². The van der Waals surface area contributed by atoms with E-state index in [-0.39, 0.29) is 5.92 Å². The Morgan fingerprint density at radius 3 is 2.74 bits per heavy atom. The maximum atomic E-state index is 12.5. The van der Waals surface area contributed by atoms with Gasteiger partial charge in [-0.25, -0.2) is 0 Å². The molecule has 0 amide bonds. The van der Waals surface area contributed by atoms with E-state index in [1.165, 1.54) is 18.4 Å². The zero-order chi connectivity index (χ0) is 13.5. The van der Waals surface area contributed by atoms with Crippen molar-refractivity contribution in [2.45, 2.75) is 51.4 Å². The van der Waals surface area contributed by atoms with Crippen LogP contribution in [-0.2, 0) is 4.79 Å². The molecule has 0 aromatic heterocycles. The van der Waals surface area contributed by atoms with Gasteiger partial charge in [-0.05, 0) is 30.7 Å². The van der Waals surface area contributed by atoms with Crippen LogP contribution in [0.1, 0.15) is 56.9 Å². The minimum atomic E-state index is 0.0734. The molecule has 0 saturated heterocycles. The summed E-state index contributed by atoms with van der Waals surface area (Å²) < 4.78 is 0. The standard InChI is InChI=1S/C18H24O/c1-2-3-10-15-11-8-5-9-14-17(19)18(15)16-12-6-4-7-13-16/h4,6-8,11-13,15,18H,2-3,5,9-10,14H2,1H3/b11-8-/t15-,18+/m1/s1. The maximum absolute atomic E-state index is 12.5. The molecule has 0 spiro atoms. The Hall–Kier alpha value is -1.37. The average Bonchev–Trinajstić information content (AvgIpc) is 2.42. The first kappa shape index (κ1) is 14.0. The average molecular weight is 256 g/mol. The van der Waals surface area contributed by atoms with Crippen LogP contribution in [0.5, 0.6) is 0 Å². The second-order valence-electron chi connectivity index (χ2n) is 5.48. The maximum Gasteiger partial charge on any atom is 0.140 e. The highest BCUT2D eigenvalue weighted by Gasteiger charge is 2.27. The number of Topliss-reactive ketones (excluding diaryl/α,β-unsaturated/α-hetero) is 1. The van der Waals surface area contributed by atoms with Crippen LogP contribution in [0.3, 0.4) is 0 Å². The Kier molecular flexibility index (Phi) is 5.38. The number of allylic oxidation sites excluding steroid dienone is 2. The van der Waals surface area contributed by atoms with E-state index >= 15 is 0 Å². The Morgan fingerprint density at radius 2 is 2.00 bits per heavy atom. The molecule has 1 aromatic rings. The smallest absolute Gasteiger partial charge is 0.140 e. The quantitative estimate of drug-likeness (QED) is 0.701. The second kappa shape index (κ2) is 7.28. The van der Waals surface area contributed by atoms with Gasteiger partial charge in [0.05, 0.1) is 0 Å². The summed E-state index contributed by atoms with van der Waals surface area (Å²) in [6.45, 7) is 2.21. The lowest BCUT2D eigenvalue weighted by Gasteiger charge is -2.25. The van der Waals surface area contributed by atoms with E-state index in [2.05, 4.69) is 31.2 Å². The lowest BCUT2D eigenvalue weighted by Crippen LogP contribution is -2.22. The first-order chi connectivity index (χ1) is 9.33. The fourth-order valence-electron chi connectivity index (χ4n) is 2.97. The highest BCUT2D eigenvalue weighted by molar-refractivity contribution is 5.86. The van der Waals surface area contributed by atoms with Crippen molar-refractivity contribution in [2.24, 2.45) is 5.92 Å². The summed E-state index contributed by atoms with van der Waals surface area (Å²) in [6, 6.07) is 10.3. The van der Waals surface area contributed by atoms with E-state index in [1.807, 2.05) is 18.2 Å². The minimum absolute atomic E-state index is 0.0734. The predicted octanol–water partition coefficient (Wildman–Crippen LogP) is 4.89. The van der Waals surface area contributed by atoms with Crippen LogP contribution in [0.4, 0.5) is 0 Å². The molecule has 0 radical (unpaired) electrons. The molecule has 0 heterocycles. The van der Waals surface area contributed by atoms with Crippen molar-refractivity contribution in [1.29, 1.82) is 0 Å². The second-order valence-corrected chi connectivity index (χ2v) is 5.48. The first-order valence-electron chi connectivity index (χ1n) is 7.57. The molecule has 0 fully saturated rings. The molecule has 2 rings (SSSR count). The topological polar surface area (TPSA) is 17.1 Å². The van der Waals surface area contributed by atoms with Gasteiger partial charge in [0.2, 0.25) is 0 Å². The monoisotopic (exact) mass is 256 g/mol. The molecule has 19 heavy (non-hydrogen) atoms. The normalized spacial score (nSPS) is 25.6. The Bertz CT molecular complexity index is 419. The van der Waals surface area contributed by atoms with Gasteiger partial charge in [0.25, 0.3) is 0 Å². The van der Waals surface area contributed by atoms with Gasteiger partial charge in [0.15, 0.2) is 0 Å². The van der Waals surface area contributed by atoms with Gasteiger partial charge in [-0.2, -0.15) is 0 Å². The van der Waals surface area contributed by atoms with Crippen molar-refractivity contribution in [3.63, 3.8) is 0 Å². The summed E-state index contributed by atoms with van der Waals surface area (Å²) in [5.41, 5.74) is 1.19. The van der Waals surface area contributed by atoms with Crippen LogP contribution in [0.25, 0.3) is 0 Å². The van der Waals surface area contributed by atoms with Gasteiger partial charge in [-0.15, -0.1) is 0 Å². The number of rotatable bonds is 4. The Balaban J connectivity index is 2.27. The molecule has 0 saturated carbocycles. The summed E-state index contributed by atoms with van der Waals surface area (Å²) in [6.07, 6.45) is 10.9. The first-order valence-corrected chi connectivity index (χ1v) is 7.57. The fraction of sp³-hybridized carbons (Fsp3) is 0.500. The molecule has 1 aromatic carbocycles. The van der Waals surface area contributed by atoms with E-state index in [4.69, 9.17) is 0 Å². The highest BCUT2D eigenvalue weighted by atomic mass is 16.1. The van der Waals surface area contributed by atoms with Crippen LogP contribution >= 0.6 is 0 Å². The summed E-state index contributed by atoms with van der Waals surface area (Å²) >= 11 is 0. The van der Waals surface area contributed by atoms with E-state index < -0.39 is 0 Å². The van der Waals surface area contributed by atoms with Crippen LogP contribution in [0, 0.1) is 5.92 Å². The molecule has 0 aliphatic heterocycles. The number of hydrogen-bond acceptors (Lipinski definition) is 1. The van der Waals surface area contributed by atoms with Gasteiger partial charge in [-0.1, -0.05) is 62.2 Å². The SMILES string of the molecule is CCCC[C@@H]1/C=C\CCCC(=O)[C@@H]1c1ccccc1. The summed E-state index contributed by atoms with van der Waals surface area (Å²) in [5.74, 6) is 0.885. The predicted molar refractivity (Wildman–Crippen MR) is 80.2 cm³/mol. The van der Waals surface area contributed by atoms with Crippen molar-refractivity contribution in [3.8, 4) is 0 Å². The van der Waals surface area contributed by atoms with Crippen LogP contribution in [-0.4, -0.2) is 5.78 Å². The molecule has 1 nitrogen and oxygen atoms in total. The molecule has 1 aliphatic carbocycles. The van der Waals surface area contributed by atoms with Crippen LogP contribution in [0.15, 0.2) is 42.5 Å². The number of ketones is 1. The lowest BCUT2D eigenvalue weighted by molar-refractivity contribution is -0.121. The number of benzene rings is 1. The molecule has 1 aliphatic rings. The number of carbonyl (C=O) groups excluding carboxylic acids is 1. The minimum Gasteiger partial charge on any atom is -0.299 e. The number of hydrogen-bond donors (Lipinski definition) is 0. The highest BCUT2D eigenvalue weighted by Crippen LogP contribution is 2.33. The van der Waals surface area contributed by atoms with Gasteiger partial charge in [0, 0.05) is 12.3 Å². The lowest BCUT2D eigenvalue weighted by atomic mass is 9.77. The van der Waals surface area contributed by atoms with E-state index in [1.54, 1.807) is 0 Å². The summed E-state index contributed by atoms with van der Waals surface area (Å²) in [5, 5.41) is 0. The molecule has 0 unspecified atom stereocenters. The Labute approximate surface area is 116 Å². The fourth-order valence-corrected chi connectivity index (χ4v) is 2.97. The molecule has 2 atom stereocenters. The van der Waals surface area contributed by atoms with Crippen molar-refractivity contribution in [2.75, 3.05) is 0 Å². The Morgan fingerprint density at radius 1 is 1.21 bits per heavy atom. The molecule has 1 heteroatoms. The van der Waals surface area contributed by atoms with Crippen LogP contribution in [0.2, 0.25) is 0 Å². The molecule has 0 N–H and O–H groups in total. The molecular weight excluding hydrogens is 232 g/mol. The van der Waals surface area contributed by atoms with E-state index in [0.717, 1.165) is 25.7 Å². The van der Waals surface area contributed by atoms with E-state index in [0.29, 0.717) is 11.7 Å². The number of carbonyl (C=O) groups is 1. The number of unbranched alkanes of at least 4 members (excludes halogenated alkanes) is 1. The van der Waals surface area contributed by atoms with Gasteiger partial charge in [-0.3, -0.25) is 4.79 Å². The third-order valence-corrected chi connectivity index (χ3v) is 4.00. The van der Waals surface area contributed by atoms with Gasteiger partial charge >= 0.3 is 0 Å². The third-order valence-electron chi connectivity index (χ3n) is 4.00. The zero-order valence-electron chi connectivity index (χ0n) is 11.8. The zero-order valence-corrected chi connectivity index (χ0v) is 11.8. The van der Waals surface area contributed by atoms with Crippen molar-refractivity contribution in [3.05, 3.63) is 48.0 Å². The molecular formula is C18H24O.